The van der Waals surface area contributed by atoms with Gasteiger partial charge in [0.1, 0.15) is 17.7 Å². The predicted octanol–water partition coefficient (Wildman–Crippen LogP) is 4.56. The second-order valence-electron chi connectivity index (χ2n) is 7.11. The minimum Gasteiger partial charge on any atom is -0.490 e. The van der Waals surface area contributed by atoms with Gasteiger partial charge in [-0.2, -0.15) is 5.10 Å². The summed E-state index contributed by atoms with van der Waals surface area (Å²) in [5.41, 5.74) is 1.98. The normalized spacial score (nSPS) is 14.8. The van der Waals surface area contributed by atoms with E-state index < -0.39 is 0 Å². The maximum Gasteiger partial charge on any atom is 0.274 e. The number of carbonyl (C=O) groups excluding carboxylic acids is 1. The molecule has 2 aromatic carbocycles. The van der Waals surface area contributed by atoms with Gasteiger partial charge >= 0.3 is 0 Å². The Balaban J connectivity index is 1.39. The maximum absolute atomic E-state index is 13.2. The SMILES string of the molecule is Cn1nc(C(=O)N2CCC(Oc3ccc(Cl)cc3)CC2)cc1-c1ccc(F)cc1. The van der Waals surface area contributed by atoms with Gasteiger partial charge in [0.25, 0.3) is 5.91 Å². The van der Waals surface area contributed by atoms with Gasteiger partial charge in [-0.1, -0.05) is 11.6 Å². The molecule has 2 heterocycles. The summed E-state index contributed by atoms with van der Waals surface area (Å²) in [7, 11) is 1.78. The van der Waals surface area contributed by atoms with Crippen LogP contribution in [0.4, 0.5) is 4.39 Å². The monoisotopic (exact) mass is 413 g/mol. The van der Waals surface area contributed by atoms with E-state index in [4.69, 9.17) is 16.3 Å². The van der Waals surface area contributed by atoms with Crippen LogP contribution in [0.25, 0.3) is 11.3 Å². The van der Waals surface area contributed by atoms with E-state index in [0.717, 1.165) is 29.8 Å². The van der Waals surface area contributed by atoms with Crippen molar-refractivity contribution in [3.63, 3.8) is 0 Å². The minimum absolute atomic E-state index is 0.0683. The van der Waals surface area contributed by atoms with E-state index in [1.54, 1.807) is 47.0 Å². The van der Waals surface area contributed by atoms with Gasteiger partial charge in [0.05, 0.1) is 5.69 Å². The Kier molecular flexibility index (Phi) is 5.53. The fourth-order valence-corrected chi connectivity index (χ4v) is 3.63. The van der Waals surface area contributed by atoms with Crippen molar-refractivity contribution in [3.8, 4) is 17.0 Å². The first-order valence-corrected chi connectivity index (χ1v) is 9.89. The number of halogens is 2. The van der Waals surface area contributed by atoms with Crippen molar-refractivity contribution >= 4 is 17.5 Å². The highest BCUT2D eigenvalue weighted by atomic mass is 35.5. The molecule has 0 radical (unpaired) electrons. The standard InChI is InChI=1S/C22H21ClFN3O2/c1-26-21(15-2-6-17(24)7-3-15)14-20(25-26)22(28)27-12-10-19(11-13-27)29-18-8-4-16(23)5-9-18/h2-9,14,19H,10-13H2,1H3. The highest BCUT2D eigenvalue weighted by Crippen LogP contribution is 2.24. The van der Waals surface area contributed by atoms with Crippen molar-refractivity contribution in [2.45, 2.75) is 18.9 Å². The van der Waals surface area contributed by atoms with Crippen LogP contribution < -0.4 is 4.74 Å². The molecule has 1 saturated heterocycles. The molecule has 0 saturated carbocycles. The van der Waals surface area contributed by atoms with E-state index in [2.05, 4.69) is 5.10 Å². The third-order valence-corrected chi connectivity index (χ3v) is 5.34. The lowest BCUT2D eigenvalue weighted by Crippen LogP contribution is -2.42. The average molecular weight is 414 g/mol. The van der Waals surface area contributed by atoms with Crippen LogP contribution >= 0.6 is 11.6 Å². The number of likely N-dealkylation sites (tertiary alicyclic amines) is 1. The number of aromatic nitrogens is 2. The largest absolute Gasteiger partial charge is 0.490 e. The predicted molar refractivity (Wildman–Crippen MR) is 110 cm³/mol. The fraction of sp³-hybridized carbons (Fsp3) is 0.273. The Hall–Kier alpha value is -2.86. The van der Waals surface area contributed by atoms with Gasteiger partial charge in [0.15, 0.2) is 5.69 Å². The van der Waals surface area contributed by atoms with Crippen molar-refractivity contribution < 1.29 is 13.9 Å². The minimum atomic E-state index is -0.295. The van der Waals surface area contributed by atoms with Crippen LogP contribution in [0.5, 0.6) is 5.75 Å². The molecular formula is C22H21ClFN3O2. The lowest BCUT2D eigenvalue weighted by Gasteiger charge is -2.31. The van der Waals surface area contributed by atoms with E-state index in [0.29, 0.717) is 23.8 Å². The number of benzene rings is 2. The zero-order valence-electron chi connectivity index (χ0n) is 16.0. The molecule has 29 heavy (non-hydrogen) atoms. The molecule has 4 rings (SSSR count). The molecule has 0 N–H and O–H groups in total. The Bertz CT molecular complexity index is 994. The summed E-state index contributed by atoms with van der Waals surface area (Å²) in [6.07, 6.45) is 1.58. The summed E-state index contributed by atoms with van der Waals surface area (Å²) in [6.45, 7) is 1.22. The number of amides is 1. The molecule has 0 spiro atoms. The number of ether oxygens (including phenoxy) is 1. The van der Waals surface area contributed by atoms with Crippen molar-refractivity contribution in [1.29, 1.82) is 0 Å². The molecule has 0 unspecified atom stereocenters. The lowest BCUT2D eigenvalue weighted by molar-refractivity contribution is 0.0589. The molecule has 0 atom stereocenters. The van der Waals surface area contributed by atoms with Crippen molar-refractivity contribution in [1.82, 2.24) is 14.7 Å². The summed E-state index contributed by atoms with van der Waals surface area (Å²) in [4.78, 5) is 14.7. The highest BCUT2D eigenvalue weighted by molar-refractivity contribution is 6.30. The first-order chi connectivity index (χ1) is 14.0. The zero-order chi connectivity index (χ0) is 20.4. The summed E-state index contributed by atoms with van der Waals surface area (Å²) >= 11 is 5.90. The molecule has 7 heteroatoms. The van der Waals surface area contributed by atoms with Crippen LogP contribution in [0, 0.1) is 5.82 Å². The number of hydrogen-bond acceptors (Lipinski definition) is 3. The summed E-state index contributed by atoms with van der Waals surface area (Å²) in [6, 6.07) is 15.2. The fourth-order valence-electron chi connectivity index (χ4n) is 3.51. The van der Waals surface area contributed by atoms with E-state index in [-0.39, 0.29) is 17.8 Å². The van der Waals surface area contributed by atoms with Gasteiger partial charge < -0.3 is 9.64 Å². The summed E-state index contributed by atoms with van der Waals surface area (Å²) < 4.78 is 20.8. The Morgan fingerprint density at radius 2 is 1.76 bits per heavy atom. The smallest absolute Gasteiger partial charge is 0.274 e. The zero-order valence-corrected chi connectivity index (χ0v) is 16.8. The molecule has 5 nitrogen and oxygen atoms in total. The van der Waals surface area contributed by atoms with E-state index in [9.17, 15) is 9.18 Å². The van der Waals surface area contributed by atoms with Crippen LogP contribution in [-0.4, -0.2) is 39.8 Å². The Morgan fingerprint density at radius 1 is 1.10 bits per heavy atom. The van der Waals surface area contributed by atoms with Crippen LogP contribution in [0.2, 0.25) is 5.02 Å². The quantitative estimate of drug-likeness (QED) is 0.629. The summed E-state index contributed by atoms with van der Waals surface area (Å²) in [5.74, 6) is 0.391. The first-order valence-electron chi connectivity index (χ1n) is 9.51. The molecule has 0 aliphatic carbocycles. The molecule has 1 aliphatic rings. The molecular weight excluding hydrogens is 393 g/mol. The van der Waals surface area contributed by atoms with Gasteiger partial charge in [0, 0.05) is 38.0 Å². The van der Waals surface area contributed by atoms with Gasteiger partial charge in [-0.25, -0.2) is 4.39 Å². The molecule has 1 fully saturated rings. The number of piperidine rings is 1. The van der Waals surface area contributed by atoms with Crippen molar-refractivity contribution in [2.75, 3.05) is 13.1 Å². The van der Waals surface area contributed by atoms with Crippen LogP contribution in [0.15, 0.2) is 54.6 Å². The molecule has 1 aliphatic heterocycles. The van der Waals surface area contributed by atoms with Crippen LogP contribution in [0.1, 0.15) is 23.3 Å². The maximum atomic E-state index is 13.2. The van der Waals surface area contributed by atoms with E-state index in [1.807, 2.05) is 12.1 Å². The second kappa shape index (κ2) is 8.25. The molecule has 0 bridgehead atoms. The van der Waals surface area contributed by atoms with Crippen molar-refractivity contribution in [2.24, 2.45) is 7.05 Å². The average Bonchev–Trinajstić information content (AvgIpc) is 3.12. The van der Waals surface area contributed by atoms with Crippen LogP contribution in [-0.2, 0) is 7.05 Å². The summed E-state index contributed by atoms with van der Waals surface area (Å²) in [5, 5.41) is 5.04. The molecule has 150 valence electrons. The van der Waals surface area contributed by atoms with Crippen molar-refractivity contribution in [3.05, 3.63) is 71.1 Å². The van der Waals surface area contributed by atoms with Crippen LogP contribution in [0.3, 0.4) is 0 Å². The number of carbonyl (C=O) groups is 1. The number of hydrogen-bond donors (Lipinski definition) is 0. The third-order valence-electron chi connectivity index (χ3n) is 5.08. The highest BCUT2D eigenvalue weighted by Gasteiger charge is 2.26. The topological polar surface area (TPSA) is 47.4 Å². The second-order valence-corrected chi connectivity index (χ2v) is 7.55. The van der Waals surface area contributed by atoms with Gasteiger partial charge in [-0.3, -0.25) is 9.48 Å². The third kappa shape index (κ3) is 4.43. The Labute approximate surface area is 173 Å². The van der Waals surface area contributed by atoms with Gasteiger partial charge in [0.2, 0.25) is 0 Å². The van der Waals surface area contributed by atoms with Gasteiger partial charge in [-0.15, -0.1) is 0 Å². The molecule has 1 amide bonds. The lowest BCUT2D eigenvalue weighted by atomic mass is 10.1. The van der Waals surface area contributed by atoms with E-state index in [1.165, 1.54) is 12.1 Å². The van der Waals surface area contributed by atoms with E-state index >= 15 is 0 Å². The number of rotatable bonds is 4. The number of aryl methyl sites for hydroxylation is 1. The van der Waals surface area contributed by atoms with Gasteiger partial charge in [-0.05, 0) is 60.2 Å². The first kappa shape index (κ1) is 19.5. The number of nitrogens with zero attached hydrogens (tertiary/aromatic N) is 3. The Morgan fingerprint density at radius 3 is 2.41 bits per heavy atom. The molecule has 1 aromatic heterocycles. The molecule has 3 aromatic rings.